The first-order chi connectivity index (χ1) is 21.0. The van der Waals surface area contributed by atoms with Crippen LogP contribution in [0.15, 0.2) is 40.9 Å². The van der Waals surface area contributed by atoms with Crippen molar-refractivity contribution >= 4 is 75.6 Å². The number of anilines is 1. The molecule has 234 valence electrons. The van der Waals surface area contributed by atoms with Crippen LogP contribution in [0.1, 0.15) is 24.2 Å². The Labute approximate surface area is 263 Å². The van der Waals surface area contributed by atoms with Crippen molar-refractivity contribution in [2.75, 3.05) is 30.7 Å². The predicted octanol–water partition coefficient (Wildman–Crippen LogP) is 1.60. The largest absolute Gasteiger partial charge is 0.497 e. The second-order valence-electron chi connectivity index (χ2n) is 9.19. The van der Waals surface area contributed by atoms with Gasteiger partial charge in [0, 0.05) is 23.6 Å². The van der Waals surface area contributed by atoms with Crippen molar-refractivity contribution in [3.8, 4) is 5.75 Å². The van der Waals surface area contributed by atoms with E-state index in [0.29, 0.717) is 11.3 Å². The SMILES string of the molecule is COc1ccc(COC(=O)NC(C(=O)N[C@@H]2C(=O)N3C(C(=O)O)=C(COC(C)=O)CSC23)c2csc(NC(=O)CCl)n2)cc1. The van der Waals surface area contributed by atoms with Crippen LogP contribution >= 0.6 is 34.7 Å². The number of thiazole rings is 1. The van der Waals surface area contributed by atoms with Crippen LogP contribution in [0.3, 0.4) is 0 Å². The summed E-state index contributed by atoms with van der Waals surface area (Å²) in [5.74, 6) is -3.66. The van der Waals surface area contributed by atoms with Crippen LogP contribution in [0, 0.1) is 0 Å². The zero-order valence-corrected chi connectivity index (χ0v) is 25.5. The summed E-state index contributed by atoms with van der Waals surface area (Å²) >= 11 is 7.68. The van der Waals surface area contributed by atoms with Crippen molar-refractivity contribution < 1.29 is 48.1 Å². The number of alkyl carbamates (subject to hydrolysis) is 1. The molecule has 2 aromatic rings. The lowest BCUT2D eigenvalue weighted by molar-refractivity contribution is -0.151. The molecule has 2 unspecified atom stereocenters. The third-order valence-electron chi connectivity index (χ3n) is 6.24. The molecule has 1 fully saturated rings. The van der Waals surface area contributed by atoms with E-state index in [1.807, 2.05) is 0 Å². The van der Waals surface area contributed by atoms with Gasteiger partial charge in [-0.3, -0.25) is 24.1 Å². The van der Waals surface area contributed by atoms with E-state index in [1.54, 1.807) is 24.3 Å². The number of esters is 1. The number of rotatable bonds is 12. The highest BCUT2D eigenvalue weighted by Gasteiger charge is 2.54. The number of nitrogens with one attached hydrogen (secondary N) is 3. The average Bonchev–Trinajstić information content (AvgIpc) is 3.47. The third-order valence-corrected chi connectivity index (χ3v) is 8.59. The normalized spacial score (nSPS) is 17.9. The summed E-state index contributed by atoms with van der Waals surface area (Å²) in [4.78, 5) is 79.4. The fourth-order valence-corrected chi connectivity index (χ4v) is 6.30. The molecule has 44 heavy (non-hydrogen) atoms. The number of aromatic nitrogens is 1. The molecule has 15 nitrogen and oxygen atoms in total. The number of thioether (sulfide) groups is 1. The Morgan fingerprint density at radius 1 is 1.16 bits per heavy atom. The maximum absolute atomic E-state index is 13.5. The third kappa shape index (κ3) is 7.59. The molecule has 1 aromatic heterocycles. The summed E-state index contributed by atoms with van der Waals surface area (Å²) in [5.41, 5.74) is 0.599. The van der Waals surface area contributed by atoms with Gasteiger partial charge in [0.1, 0.15) is 42.0 Å². The number of methoxy groups -OCH3 is 1. The Balaban J connectivity index is 1.49. The molecule has 3 heterocycles. The molecule has 4 amide bonds. The molecule has 3 atom stereocenters. The summed E-state index contributed by atoms with van der Waals surface area (Å²) in [6.45, 7) is 0.748. The van der Waals surface area contributed by atoms with Crippen LogP contribution < -0.4 is 20.7 Å². The molecule has 1 saturated heterocycles. The number of hydrogen-bond acceptors (Lipinski definition) is 12. The van der Waals surface area contributed by atoms with Gasteiger partial charge in [-0.2, -0.15) is 0 Å². The zero-order chi connectivity index (χ0) is 32.0. The maximum atomic E-state index is 13.5. The summed E-state index contributed by atoms with van der Waals surface area (Å²) in [7, 11) is 1.52. The van der Waals surface area contributed by atoms with Crippen LogP contribution in [0.25, 0.3) is 0 Å². The molecular formula is C26H26ClN5O10S2. The number of nitrogens with zero attached hydrogens (tertiary/aromatic N) is 2. The van der Waals surface area contributed by atoms with E-state index in [-0.39, 0.29) is 46.9 Å². The molecule has 0 bridgehead atoms. The smallest absolute Gasteiger partial charge is 0.408 e. The summed E-state index contributed by atoms with van der Waals surface area (Å²) in [6, 6.07) is 4.16. The lowest BCUT2D eigenvalue weighted by Crippen LogP contribution is -2.71. The van der Waals surface area contributed by atoms with Crippen LogP contribution in [0.5, 0.6) is 5.75 Å². The van der Waals surface area contributed by atoms with Crippen LogP contribution in [-0.2, 0) is 40.1 Å². The van der Waals surface area contributed by atoms with Gasteiger partial charge < -0.3 is 35.3 Å². The van der Waals surface area contributed by atoms with E-state index in [9.17, 15) is 33.9 Å². The lowest BCUT2D eigenvalue weighted by Gasteiger charge is -2.49. The number of ether oxygens (including phenoxy) is 3. The molecule has 18 heteroatoms. The topological polar surface area (TPSA) is 203 Å². The number of carbonyl (C=O) groups is 6. The average molecular weight is 668 g/mol. The minimum absolute atomic E-state index is 0.0356. The molecule has 0 spiro atoms. The van der Waals surface area contributed by atoms with E-state index in [1.165, 1.54) is 31.2 Å². The number of hydrogen-bond donors (Lipinski definition) is 4. The second kappa shape index (κ2) is 14.4. The van der Waals surface area contributed by atoms with Crippen molar-refractivity contribution in [3.05, 3.63) is 52.2 Å². The Morgan fingerprint density at radius 3 is 2.52 bits per heavy atom. The fourth-order valence-electron chi connectivity index (χ4n) is 4.15. The minimum atomic E-state index is -1.46. The number of fused-ring (bicyclic) bond motifs is 1. The van der Waals surface area contributed by atoms with Gasteiger partial charge in [0.25, 0.3) is 5.91 Å². The second-order valence-corrected chi connectivity index (χ2v) is 11.4. The highest BCUT2D eigenvalue weighted by molar-refractivity contribution is 8.00. The number of carboxylic acid groups (broad SMARTS) is 1. The zero-order valence-electron chi connectivity index (χ0n) is 23.2. The minimum Gasteiger partial charge on any atom is -0.497 e. The molecule has 4 rings (SSSR count). The highest BCUT2D eigenvalue weighted by atomic mass is 35.5. The molecule has 2 aliphatic heterocycles. The van der Waals surface area contributed by atoms with Crippen molar-refractivity contribution in [3.63, 3.8) is 0 Å². The number of carbonyl (C=O) groups excluding carboxylic acids is 5. The summed E-state index contributed by atoms with van der Waals surface area (Å²) in [6.07, 6.45) is -0.972. The predicted molar refractivity (Wildman–Crippen MR) is 157 cm³/mol. The number of carboxylic acids is 1. The molecular weight excluding hydrogens is 642 g/mol. The van der Waals surface area contributed by atoms with Gasteiger partial charge in [0.15, 0.2) is 11.2 Å². The van der Waals surface area contributed by atoms with Gasteiger partial charge in [0.05, 0.1) is 12.8 Å². The fraction of sp³-hybridized carbons (Fsp3) is 0.346. The van der Waals surface area contributed by atoms with Crippen molar-refractivity contribution in [1.29, 1.82) is 0 Å². The number of aliphatic carboxylic acids is 1. The Kier molecular flexibility index (Phi) is 10.7. The summed E-state index contributed by atoms with van der Waals surface area (Å²) < 4.78 is 15.3. The van der Waals surface area contributed by atoms with Gasteiger partial charge in [-0.15, -0.1) is 34.7 Å². The van der Waals surface area contributed by atoms with Gasteiger partial charge in [-0.05, 0) is 17.7 Å². The Morgan fingerprint density at radius 2 is 1.89 bits per heavy atom. The maximum Gasteiger partial charge on any atom is 0.408 e. The molecule has 0 aliphatic carbocycles. The number of amides is 4. The van der Waals surface area contributed by atoms with Gasteiger partial charge in [-0.25, -0.2) is 14.6 Å². The first-order valence-electron chi connectivity index (χ1n) is 12.7. The van der Waals surface area contributed by atoms with Crippen molar-refractivity contribution in [2.24, 2.45) is 0 Å². The first-order valence-corrected chi connectivity index (χ1v) is 15.2. The summed E-state index contributed by atoms with van der Waals surface area (Å²) in [5, 5.41) is 18.0. The van der Waals surface area contributed by atoms with E-state index >= 15 is 0 Å². The van der Waals surface area contributed by atoms with E-state index in [4.69, 9.17) is 25.8 Å². The van der Waals surface area contributed by atoms with Gasteiger partial charge >= 0.3 is 18.0 Å². The van der Waals surface area contributed by atoms with Crippen LogP contribution in [0.4, 0.5) is 9.93 Å². The number of alkyl halides is 1. The Bertz CT molecular complexity index is 1500. The van der Waals surface area contributed by atoms with Crippen LogP contribution in [0.2, 0.25) is 0 Å². The standard InChI is InChI=1S/C26H26ClN5O10S2/c1-12(33)41-9-14-10-43-23-19(22(36)32(23)20(14)24(37)38)30-21(35)18(16-11-44-25(28-16)29-17(34)7-27)31-26(39)42-8-13-3-5-15(40-2)6-4-13/h3-6,11,18-19,23H,7-10H2,1-2H3,(H,30,35)(H,31,39)(H,37,38)(H,28,29,34)/t18?,19-,23?/m1/s1. The monoisotopic (exact) mass is 667 g/mol. The van der Waals surface area contributed by atoms with E-state index in [2.05, 4.69) is 20.9 Å². The number of halogens is 1. The first kappa shape index (κ1) is 32.6. The van der Waals surface area contributed by atoms with Crippen molar-refractivity contribution in [1.82, 2.24) is 20.5 Å². The molecule has 4 N–H and O–H groups in total. The van der Waals surface area contributed by atoms with Gasteiger partial charge in [-0.1, -0.05) is 12.1 Å². The number of β-lactam (4-membered cyclic amide) rings is 1. The van der Waals surface area contributed by atoms with E-state index in [0.717, 1.165) is 16.2 Å². The molecule has 0 radical (unpaired) electrons. The van der Waals surface area contributed by atoms with Crippen LogP contribution in [-0.4, -0.2) is 87.5 Å². The molecule has 0 saturated carbocycles. The van der Waals surface area contributed by atoms with E-state index < -0.39 is 53.2 Å². The van der Waals surface area contributed by atoms with Crippen molar-refractivity contribution in [2.45, 2.75) is 31.0 Å². The number of benzene rings is 1. The molecule has 1 aromatic carbocycles. The quantitative estimate of drug-likeness (QED) is 0.145. The Hall–Kier alpha value is -4.35. The highest BCUT2D eigenvalue weighted by Crippen LogP contribution is 2.40. The molecule has 2 aliphatic rings. The van der Waals surface area contributed by atoms with Gasteiger partial charge in [0.2, 0.25) is 11.8 Å². The lowest BCUT2D eigenvalue weighted by atomic mass is 10.0.